The van der Waals surface area contributed by atoms with E-state index in [0.29, 0.717) is 0 Å². The fourth-order valence-electron chi connectivity index (χ4n) is 4.12. The highest BCUT2D eigenvalue weighted by Crippen LogP contribution is 2.40. The van der Waals surface area contributed by atoms with Crippen LogP contribution in [-0.4, -0.2) is 21.0 Å². The van der Waals surface area contributed by atoms with Gasteiger partial charge in [0.05, 0.1) is 7.11 Å². The molecular formula is C30H30O3. The Kier molecular flexibility index (Phi) is 6.81. The van der Waals surface area contributed by atoms with E-state index in [4.69, 9.17) is 14.2 Å². The molecule has 0 aliphatic rings. The second-order valence-corrected chi connectivity index (χ2v) is 8.53. The third kappa shape index (κ3) is 4.79. The molecule has 0 saturated carbocycles. The van der Waals surface area contributed by atoms with Crippen molar-refractivity contribution < 1.29 is 14.2 Å². The van der Waals surface area contributed by atoms with Crippen LogP contribution < -0.4 is 9.47 Å². The van der Waals surface area contributed by atoms with Crippen molar-refractivity contribution in [1.82, 2.24) is 0 Å². The van der Waals surface area contributed by atoms with Gasteiger partial charge in [0.2, 0.25) is 0 Å². The lowest BCUT2D eigenvalue weighted by Gasteiger charge is -2.28. The van der Waals surface area contributed by atoms with E-state index in [0.717, 1.165) is 33.8 Å². The summed E-state index contributed by atoms with van der Waals surface area (Å²) in [6, 6.07) is 33.6. The summed E-state index contributed by atoms with van der Waals surface area (Å²) in [5, 5.41) is 0. The van der Waals surface area contributed by atoms with Crippen molar-refractivity contribution in [2.24, 2.45) is 0 Å². The number of methoxy groups -OCH3 is 2. The molecule has 0 unspecified atom stereocenters. The Morgan fingerprint density at radius 2 is 1.09 bits per heavy atom. The van der Waals surface area contributed by atoms with Crippen LogP contribution in [0.4, 0.5) is 0 Å². The summed E-state index contributed by atoms with van der Waals surface area (Å²) in [5.74, 6) is 1.68. The number of ether oxygens (including phenoxy) is 3. The van der Waals surface area contributed by atoms with E-state index in [-0.39, 0.29) is 12.2 Å². The first kappa shape index (κ1) is 22.6. The normalized spacial score (nSPS) is 11.3. The Bertz CT molecular complexity index is 1200. The standard InChI is InChI=1S/C30H30O3/c1-30(2,24-15-17-28(32-4)26(19-24)22-11-7-5-8-12-22)25-16-18-29(33-21-31-3)27(20-25)23-13-9-6-10-14-23/h5-20H,21H2,1-4H3. The molecular weight excluding hydrogens is 408 g/mol. The Hall–Kier alpha value is -3.56. The van der Waals surface area contributed by atoms with Gasteiger partial charge in [-0.15, -0.1) is 0 Å². The molecule has 0 fully saturated rings. The number of rotatable bonds is 8. The van der Waals surface area contributed by atoms with E-state index in [1.165, 1.54) is 11.1 Å². The number of hydrogen-bond donors (Lipinski definition) is 0. The zero-order chi connectivity index (χ0) is 23.3. The molecule has 3 heteroatoms. The van der Waals surface area contributed by atoms with Crippen LogP contribution in [0.25, 0.3) is 22.3 Å². The number of hydrogen-bond acceptors (Lipinski definition) is 3. The van der Waals surface area contributed by atoms with E-state index in [1.807, 2.05) is 30.3 Å². The van der Waals surface area contributed by atoms with E-state index >= 15 is 0 Å². The van der Waals surface area contributed by atoms with E-state index in [2.05, 4.69) is 80.6 Å². The number of benzene rings is 4. The SMILES string of the molecule is COCOc1ccc(C(C)(C)c2ccc(OC)c(-c3ccccc3)c2)cc1-c1ccccc1. The summed E-state index contributed by atoms with van der Waals surface area (Å²) in [6.07, 6.45) is 0. The van der Waals surface area contributed by atoms with Gasteiger partial charge in [-0.05, 0) is 46.5 Å². The Morgan fingerprint density at radius 1 is 0.606 bits per heavy atom. The molecule has 33 heavy (non-hydrogen) atoms. The van der Waals surface area contributed by atoms with Crippen LogP contribution >= 0.6 is 0 Å². The highest BCUT2D eigenvalue weighted by Gasteiger charge is 2.26. The van der Waals surface area contributed by atoms with Crippen molar-refractivity contribution in [2.75, 3.05) is 21.0 Å². The first-order chi connectivity index (χ1) is 16.0. The van der Waals surface area contributed by atoms with E-state index in [9.17, 15) is 0 Å². The molecule has 0 aromatic heterocycles. The van der Waals surface area contributed by atoms with E-state index in [1.54, 1.807) is 14.2 Å². The van der Waals surface area contributed by atoms with Crippen molar-refractivity contribution >= 4 is 0 Å². The summed E-state index contributed by atoms with van der Waals surface area (Å²) in [4.78, 5) is 0. The largest absolute Gasteiger partial charge is 0.496 e. The van der Waals surface area contributed by atoms with Crippen molar-refractivity contribution in [2.45, 2.75) is 19.3 Å². The Labute approximate surface area is 196 Å². The Morgan fingerprint density at radius 3 is 1.58 bits per heavy atom. The van der Waals surface area contributed by atoms with Gasteiger partial charge < -0.3 is 14.2 Å². The maximum Gasteiger partial charge on any atom is 0.188 e. The van der Waals surface area contributed by atoms with Gasteiger partial charge in [0.25, 0.3) is 0 Å². The molecule has 0 radical (unpaired) electrons. The molecule has 0 aliphatic heterocycles. The lowest BCUT2D eigenvalue weighted by Crippen LogP contribution is -2.19. The quantitative estimate of drug-likeness (QED) is 0.269. The first-order valence-corrected chi connectivity index (χ1v) is 11.1. The third-order valence-electron chi connectivity index (χ3n) is 6.12. The highest BCUT2D eigenvalue weighted by molar-refractivity contribution is 5.74. The minimum atomic E-state index is -0.237. The van der Waals surface area contributed by atoms with Gasteiger partial charge in [-0.2, -0.15) is 0 Å². The predicted octanol–water partition coefficient (Wildman–Crippen LogP) is 7.34. The van der Waals surface area contributed by atoms with Gasteiger partial charge in [0.1, 0.15) is 11.5 Å². The topological polar surface area (TPSA) is 27.7 Å². The lowest BCUT2D eigenvalue weighted by molar-refractivity contribution is 0.0515. The second kappa shape index (κ2) is 9.93. The molecule has 4 rings (SSSR count). The first-order valence-electron chi connectivity index (χ1n) is 11.1. The summed E-state index contributed by atoms with van der Waals surface area (Å²) >= 11 is 0. The smallest absolute Gasteiger partial charge is 0.188 e. The molecule has 0 bridgehead atoms. The molecule has 4 aromatic carbocycles. The van der Waals surface area contributed by atoms with Crippen LogP contribution in [0.5, 0.6) is 11.5 Å². The average molecular weight is 439 g/mol. The third-order valence-corrected chi connectivity index (χ3v) is 6.12. The van der Waals surface area contributed by atoms with Gasteiger partial charge in [0.15, 0.2) is 6.79 Å². The molecule has 4 aromatic rings. The highest BCUT2D eigenvalue weighted by atomic mass is 16.7. The molecule has 0 atom stereocenters. The zero-order valence-corrected chi connectivity index (χ0v) is 19.7. The van der Waals surface area contributed by atoms with Gasteiger partial charge in [0, 0.05) is 23.7 Å². The van der Waals surface area contributed by atoms with Gasteiger partial charge in [-0.3, -0.25) is 0 Å². The van der Waals surface area contributed by atoms with Crippen LogP contribution in [0.3, 0.4) is 0 Å². The lowest BCUT2D eigenvalue weighted by atomic mass is 9.76. The molecule has 0 aliphatic carbocycles. The maximum atomic E-state index is 5.88. The fraction of sp³-hybridized carbons (Fsp3) is 0.200. The maximum absolute atomic E-state index is 5.88. The minimum Gasteiger partial charge on any atom is -0.496 e. The van der Waals surface area contributed by atoms with Crippen molar-refractivity contribution in [3.8, 4) is 33.8 Å². The van der Waals surface area contributed by atoms with Crippen LogP contribution in [0.2, 0.25) is 0 Å². The van der Waals surface area contributed by atoms with Crippen molar-refractivity contribution in [3.05, 3.63) is 108 Å². The Balaban J connectivity index is 1.80. The van der Waals surface area contributed by atoms with Crippen molar-refractivity contribution in [3.63, 3.8) is 0 Å². The molecule has 0 amide bonds. The van der Waals surface area contributed by atoms with Gasteiger partial charge >= 0.3 is 0 Å². The average Bonchev–Trinajstić information content (AvgIpc) is 2.88. The zero-order valence-electron chi connectivity index (χ0n) is 19.7. The molecule has 3 nitrogen and oxygen atoms in total. The van der Waals surface area contributed by atoms with Crippen LogP contribution in [0.1, 0.15) is 25.0 Å². The molecule has 0 saturated heterocycles. The molecule has 0 N–H and O–H groups in total. The van der Waals surface area contributed by atoms with Crippen LogP contribution in [0.15, 0.2) is 97.1 Å². The summed E-state index contributed by atoms with van der Waals surface area (Å²) in [5.41, 5.74) is 6.57. The summed E-state index contributed by atoms with van der Waals surface area (Å²) < 4.78 is 16.7. The fourth-order valence-corrected chi connectivity index (χ4v) is 4.12. The second-order valence-electron chi connectivity index (χ2n) is 8.53. The molecule has 0 spiro atoms. The van der Waals surface area contributed by atoms with Gasteiger partial charge in [-0.25, -0.2) is 0 Å². The predicted molar refractivity (Wildman–Crippen MR) is 135 cm³/mol. The van der Waals surface area contributed by atoms with Gasteiger partial charge in [-0.1, -0.05) is 86.6 Å². The summed E-state index contributed by atoms with van der Waals surface area (Å²) in [7, 11) is 3.35. The van der Waals surface area contributed by atoms with Crippen LogP contribution in [-0.2, 0) is 10.2 Å². The molecule has 168 valence electrons. The minimum absolute atomic E-state index is 0.210. The van der Waals surface area contributed by atoms with E-state index < -0.39 is 0 Å². The summed E-state index contributed by atoms with van der Waals surface area (Å²) in [6.45, 7) is 4.72. The van der Waals surface area contributed by atoms with Crippen LogP contribution in [0, 0.1) is 0 Å². The van der Waals surface area contributed by atoms with Crippen molar-refractivity contribution in [1.29, 1.82) is 0 Å². The molecule has 0 heterocycles. The monoisotopic (exact) mass is 438 g/mol.